The number of aryl methyl sites for hydroxylation is 1. The van der Waals surface area contributed by atoms with Crippen molar-refractivity contribution in [2.75, 3.05) is 19.0 Å². The predicted octanol–water partition coefficient (Wildman–Crippen LogP) is 6.63. The highest BCUT2D eigenvalue weighted by Crippen LogP contribution is 2.47. The fourth-order valence-electron chi connectivity index (χ4n) is 7.64. The number of sulfonamides is 1. The molecule has 0 bridgehead atoms. The van der Waals surface area contributed by atoms with Crippen molar-refractivity contribution >= 4 is 66.3 Å². The summed E-state index contributed by atoms with van der Waals surface area (Å²) < 4.78 is 40.4. The summed E-state index contributed by atoms with van der Waals surface area (Å²) in [5.74, 6) is -0.355. The standard InChI is InChI=1S/C41H52N6O7S3/c1-9-24-19-41(24,39(50)46-57(51,52)26-12-13-26)45-36(48)30-17-25(20-47(30)38(49)35(40(5,6)7)44-33-11-10-16-55-33)54-32-18-28(37-43-29(21-56-37)22(2)3)42-34-23(4)31(53-8)15-14-27(32)34/h10-11,14-16,18,21-22,24-26,30,35,44H,9,12-13,17,19-20H2,1-8H3,(H,45,48)(H,46,50)/t24-,25-,30+,35-,41-/m1/s1. The Kier molecular flexibility index (Phi) is 11.1. The van der Waals surface area contributed by atoms with E-state index in [0.717, 1.165) is 26.7 Å². The molecule has 0 unspecified atom stereocenters. The number of nitrogens with one attached hydrogen (secondary N) is 3. The number of thiophene rings is 1. The Morgan fingerprint density at radius 3 is 2.44 bits per heavy atom. The number of benzene rings is 1. The van der Waals surface area contributed by atoms with Crippen molar-refractivity contribution in [1.82, 2.24) is 24.9 Å². The van der Waals surface area contributed by atoms with Crippen LogP contribution in [0.1, 0.15) is 90.8 Å². The number of nitrogens with zero attached hydrogens (tertiary/aromatic N) is 3. The molecule has 7 rings (SSSR count). The minimum Gasteiger partial charge on any atom is -0.496 e. The van der Waals surface area contributed by atoms with Crippen LogP contribution >= 0.6 is 22.7 Å². The number of hydrogen-bond donors (Lipinski definition) is 3. The van der Waals surface area contributed by atoms with Gasteiger partial charge in [-0.3, -0.25) is 19.1 Å². The number of amides is 3. The van der Waals surface area contributed by atoms with Crippen LogP contribution in [0.25, 0.3) is 21.6 Å². The number of fused-ring (bicyclic) bond motifs is 1. The first-order valence-corrected chi connectivity index (χ1v) is 22.9. The number of rotatable bonds is 14. The van der Waals surface area contributed by atoms with E-state index in [4.69, 9.17) is 19.4 Å². The lowest BCUT2D eigenvalue weighted by molar-refractivity contribution is -0.141. The molecule has 4 aromatic rings. The smallest absolute Gasteiger partial charge is 0.259 e. The van der Waals surface area contributed by atoms with Gasteiger partial charge in [-0.25, -0.2) is 18.4 Å². The number of hydrogen-bond acceptors (Lipinski definition) is 12. The normalized spacial score (nSPS) is 22.7. The molecule has 3 fully saturated rings. The molecule has 1 aliphatic heterocycles. The average molecular weight is 837 g/mol. The van der Waals surface area contributed by atoms with E-state index in [1.54, 1.807) is 12.0 Å². The van der Waals surface area contributed by atoms with Gasteiger partial charge in [0.05, 0.1) is 35.1 Å². The van der Waals surface area contributed by atoms with Crippen LogP contribution in [0.5, 0.6) is 11.5 Å². The maximum Gasteiger partial charge on any atom is 0.259 e. The van der Waals surface area contributed by atoms with Crippen molar-refractivity contribution in [2.45, 2.75) is 115 Å². The van der Waals surface area contributed by atoms with E-state index in [2.05, 4.69) is 29.2 Å². The minimum absolute atomic E-state index is 0.0884. The fraction of sp³-hybridized carbons (Fsp3) is 0.537. The Morgan fingerprint density at radius 2 is 1.84 bits per heavy atom. The highest BCUT2D eigenvalue weighted by atomic mass is 32.2. The molecule has 3 N–H and O–H groups in total. The van der Waals surface area contributed by atoms with Crippen LogP contribution in [-0.4, -0.2) is 83.6 Å². The summed E-state index contributed by atoms with van der Waals surface area (Å²) in [6.07, 6.45) is 1.36. The van der Waals surface area contributed by atoms with E-state index in [0.29, 0.717) is 48.4 Å². The monoisotopic (exact) mass is 836 g/mol. The molecule has 2 saturated carbocycles. The number of carbonyl (C=O) groups excluding carboxylic acids is 3. The Labute approximate surface area is 342 Å². The largest absolute Gasteiger partial charge is 0.496 e. The predicted molar refractivity (Wildman–Crippen MR) is 223 cm³/mol. The lowest BCUT2D eigenvalue weighted by Gasteiger charge is -2.36. The fourth-order valence-corrected chi connectivity index (χ4v) is 10.6. The van der Waals surface area contributed by atoms with E-state index in [1.165, 1.54) is 22.7 Å². The number of pyridine rings is 1. The van der Waals surface area contributed by atoms with Crippen LogP contribution < -0.4 is 24.8 Å². The third-order valence-electron chi connectivity index (χ3n) is 11.3. The lowest BCUT2D eigenvalue weighted by atomic mass is 9.85. The zero-order valence-corrected chi connectivity index (χ0v) is 36.1. The summed E-state index contributed by atoms with van der Waals surface area (Å²) in [4.78, 5) is 54.5. The van der Waals surface area contributed by atoms with E-state index in [-0.39, 0.29) is 30.7 Å². The van der Waals surface area contributed by atoms with Gasteiger partial charge in [-0.1, -0.05) is 48.0 Å². The van der Waals surface area contributed by atoms with Crippen molar-refractivity contribution in [3.8, 4) is 22.2 Å². The van der Waals surface area contributed by atoms with Gasteiger partial charge in [0.2, 0.25) is 21.8 Å². The first kappa shape index (κ1) is 40.9. The molecule has 13 nitrogen and oxygen atoms in total. The zero-order chi connectivity index (χ0) is 41.0. The van der Waals surface area contributed by atoms with Crippen LogP contribution in [0.3, 0.4) is 0 Å². The Hall–Kier alpha value is -4.28. The molecular formula is C41H52N6O7S3. The van der Waals surface area contributed by atoms with Crippen molar-refractivity contribution < 1.29 is 32.3 Å². The van der Waals surface area contributed by atoms with Gasteiger partial charge in [-0.2, -0.15) is 0 Å². The molecule has 306 valence electrons. The second-order valence-electron chi connectivity index (χ2n) is 16.9. The number of thiazole rings is 1. The summed E-state index contributed by atoms with van der Waals surface area (Å²) >= 11 is 2.98. The second kappa shape index (κ2) is 15.5. The minimum atomic E-state index is -3.85. The molecule has 16 heteroatoms. The van der Waals surface area contributed by atoms with Crippen molar-refractivity contribution in [3.63, 3.8) is 0 Å². The highest BCUT2D eigenvalue weighted by molar-refractivity contribution is 7.91. The number of likely N-dealkylation sites (tertiary alicyclic amines) is 1. The molecule has 57 heavy (non-hydrogen) atoms. The van der Waals surface area contributed by atoms with Gasteiger partial charge in [0.25, 0.3) is 5.91 Å². The summed E-state index contributed by atoms with van der Waals surface area (Å²) in [5, 5.41) is 12.0. The molecule has 1 aromatic carbocycles. The van der Waals surface area contributed by atoms with Gasteiger partial charge in [0, 0.05) is 28.8 Å². The summed E-state index contributed by atoms with van der Waals surface area (Å²) in [5.41, 5.74) is 1.16. The second-order valence-corrected chi connectivity index (χ2v) is 20.6. The molecule has 1 saturated heterocycles. The van der Waals surface area contributed by atoms with E-state index >= 15 is 0 Å². The molecule has 0 radical (unpaired) electrons. The molecule has 0 spiro atoms. The number of aromatic nitrogens is 2. The van der Waals surface area contributed by atoms with Crippen LogP contribution in [0.15, 0.2) is 41.1 Å². The highest BCUT2D eigenvalue weighted by Gasteiger charge is 2.62. The van der Waals surface area contributed by atoms with Gasteiger partial charge >= 0.3 is 0 Å². The lowest BCUT2D eigenvalue weighted by Crippen LogP contribution is -2.58. The average Bonchev–Trinajstić information content (AvgIpc) is 3.92. The zero-order valence-electron chi connectivity index (χ0n) is 33.7. The van der Waals surface area contributed by atoms with Gasteiger partial charge in [-0.15, -0.1) is 22.7 Å². The SMILES string of the molecule is CC[C@@H]1C[C@]1(NC(=O)[C@@H]1C[C@@H](Oc2cc(-c3nc(C(C)C)cs3)nc3c(C)c(OC)ccc23)CN1C(=O)[C@@H](Nc1cccs1)C(C)(C)C)C(=O)NS(=O)(=O)C1CC1. The van der Waals surface area contributed by atoms with Crippen LogP contribution in [0.2, 0.25) is 0 Å². The number of anilines is 1. The molecule has 3 amide bonds. The number of ether oxygens (including phenoxy) is 2. The molecule has 5 atom stereocenters. The Balaban J connectivity index is 1.24. The summed E-state index contributed by atoms with van der Waals surface area (Å²) in [6.45, 7) is 14.0. The molecular weight excluding hydrogens is 785 g/mol. The van der Waals surface area contributed by atoms with Crippen LogP contribution in [0, 0.1) is 18.3 Å². The van der Waals surface area contributed by atoms with E-state index in [9.17, 15) is 22.8 Å². The van der Waals surface area contributed by atoms with Crippen molar-refractivity contribution in [2.24, 2.45) is 11.3 Å². The topological polar surface area (TPSA) is 169 Å². The van der Waals surface area contributed by atoms with Gasteiger partial charge in [0.1, 0.15) is 45.9 Å². The van der Waals surface area contributed by atoms with Gasteiger partial charge in [-0.05, 0) is 73.1 Å². The molecule has 3 aliphatic rings. The molecule has 2 aliphatic carbocycles. The van der Waals surface area contributed by atoms with Crippen molar-refractivity contribution in [3.05, 3.63) is 52.3 Å². The Morgan fingerprint density at radius 1 is 1.09 bits per heavy atom. The first-order valence-electron chi connectivity index (χ1n) is 19.5. The number of carbonyl (C=O) groups is 3. The third kappa shape index (κ3) is 8.22. The van der Waals surface area contributed by atoms with E-state index < -0.39 is 56.2 Å². The third-order valence-corrected chi connectivity index (χ3v) is 14.8. The maximum atomic E-state index is 14.8. The Bertz CT molecular complexity index is 2280. The van der Waals surface area contributed by atoms with Gasteiger partial charge in [0.15, 0.2) is 0 Å². The van der Waals surface area contributed by atoms with Crippen LogP contribution in [0.4, 0.5) is 5.00 Å². The maximum absolute atomic E-state index is 14.8. The molecule has 3 aromatic heterocycles. The first-order chi connectivity index (χ1) is 26.9. The summed E-state index contributed by atoms with van der Waals surface area (Å²) in [6, 6.07) is 7.71. The van der Waals surface area contributed by atoms with E-state index in [1.807, 2.05) is 75.7 Å². The van der Waals surface area contributed by atoms with Crippen LogP contribution in [-0.2, 0) is 24.4 Å². The van der Waals surface area contributed by atoms with Gasteiger partial charge < -0.3 is 25.0 Å². The number of methoxy groups -OCH3 is 1. The van der Waals surface area contributed by atoms with Crippen molar-refractivity contribution in [1.29, 1.82) is 0 Å². The quantitative estimate of drug-likeness (QED) is 0.125. The summed E-state index contributed by atoms with van der Waals surface area (Å²) in [7, 11) is -2.23. The molecule has 4 heterocycles.